The van der Waals surface area contributed by atoms with Gasteiger partial charge in [0, 0.05) is 18.6 Å². The maximum absolute atomic E-state index is 10.9. The second kappa shape index (κ2) is 4.57. The van der Waals surface area contributed by atoms with Gasteiger partial charge in [0.15, 0.2) is 0 Å². The summed E-state index contributed by atoms with van der Waals surface area (Å²) in [6.07, 6.45) is 5.90. The van der Waals surface area contributed by atoms with Crippen molar-refractivity contribution in [2.75, 3.05) is 0 Å². The lowest BCUT2D eigenvalue weighted by Gasteiger charge is -2.05. The first-order valence-corrected chi connectivity index (χ1v) is 5.67. The van der Waals surface area contributed by atoms with E-state index in [-0.39, 0.29) is 17.2 Å². The molecule has 3 aromatic rings. The van der Waals surface area contributed by atoms with E-state index in [1.54, 1.807) is 23.7 Å². The van der Waals surface area contributed by atoms with Crippen LogP contribution >= 0.6 is 0 Å². The molecule has 3 heterocycles. The summed E-state index contributed by atoms with van der Waals surface area (Å²) in [5, 5.41) is 16.8. The predicted molar refractivity (Wildman–Crippen MR) is 66.8 cm³/mol. The third-order valence-corrected chi connectivity index (χ3v) is 2.64. The molecule has 0 aliphatic carbocycles. The minimum atomic E-state index is -1.08. The first-order chi connectivity index (χ1) is 9.65. The molecule has 0 fully saturated rings. The van der Waals surface area contributed by atoms with Gasteiger partial charge in [-0.15, -0.1) is 10.2 Å². The van der Waals surface area contributed by atoms with Gasteiger partial charge in [0.25, 0.3) is 5.88 Å². The van der Waals surface area contributed by atoms with E-state index in [4.69, 9.17) is 9.84 Å². The molecule has 0 bridgehead atoms. The van der Waals surface area contributed by atoms with E-state index in [1.165, 1.54) is 18.5 Å². The lowest BCUT2D eigenvalue weighted by Crippen LogP contribution is -1.99. The van der Waals surface area contributed by atoms with E-state index in [0.717, 1.165) is 0 Å². The standard InChI is InChI=1S/C12H9N5O3/c1-7-15-16-10-11(14-2-3-17(7)10)20-9-4-8(12(18)19)5-13-6-9/h2-6H,1H3,(H,18,19). The SMILES string of the molecule is Cc1nnc2c(Oc3cncc(C(=O)O)c3)nccn12. The number of carboxylic acids is 1. The average Bonchev–Trinajstić information content (AvgIpc) is 2.82. The van der Waals surface area contributed by atoms with Crippen molar-refractivity contribution in [3.05, 3.63) is 42.2 Å². The largest absolute Gasteiger partial charge is 0.478 e. The van der Waals surface area contributed by atoms with Gasteiger partial charge in [-0.25, -0.2) is 9.78 Å². The van der Waals surface area contributed by atoms with Crippen molar-refractivity contribution in [3.8, 4) is 11.6 Å². The monoisotopic (exact) mass is 271 g/mol. The highest BCUT2D eigenvalue weighted by molar-refractivity contribution is 5.87. The van der Waals surface area contributed by atoms with Crippen LogP contribution in [0.1, 0.15) is 16.2 Å². The molecule has 1 N–H and O–H groups in total. The molecule has 0 aromatic carbocycles. The Kier molecular flexibility index (Phi) is 2.75. The number of nitrogens with zero attached hydrogens (tertiary/aromatic N) is 5. The van der Waals surface area contributed by atoms with Gasteiger partial charge in [-0.05, 0) is 13.0 Å². The molecule has 0 aliphatic rings. The zero-order valence-electron chi connectivity index (χ0n) is 10.4. The third-order valence-electron chi connectivity index (χ3n) is 2.64. The maximum atomic E-state index is 10.9. The number of carboxylic acid groups (broad SMARTS) is 1. The molecule has 0 spiro atoms. The number of rotatable bonds is 3. The van der Waals surface area contributed by atoms with E-state index in [2.05, 4.69) is 20.2 Å². The van der Waals surface area contributed by atoms with Crippen LogP contribution in [0.25, 0.3) is 5.65 Å². The van der Waals surface area contributed by atoms with Crippen molar-refractivity contribution in [1.82, 2.24) is 24.6 Å². The molecule has 0 radical (unpaired) electrons. The molecule has 0 unspecified atom stereocenters. The lowest BCUT2D eigenvalue weighted by molar-refractivity contribution is 0.0696. The Morgan fingerprint density at radius 3 is 3.00 bits per heavy atom. The number of carbonyl (C=O) groups is 1. The zero-order valence-corrected chi connectivity index (χ0v) is 10.4. The van der Waals surface area contributed by atoms with Crippen molar-refractivity contribution < 1.29 is 14.6 Å². The Hall–Kier alpha value is -3.03. The number of aryl methyl sites for hydroxylation is 1. The Morgan fingerprint density at radius 1 is 1.35 bits per heavy atom. The van der Waals surface area contributed by atoms with E-state index < -0.39 is 5.97 Å². The van der Waals surface area contributed by atoms with E-state index in [9.17, 15) is 4.79 Å². The second-order valence-electron chi connectivity index (χ2n) is 3.99. The molecule has 0 saturated carbocycles. The number of aromatic nitrogens is 5. The first kappa shape index (κ1) is 12.0. The molecule has 8 nitrogen and oxygen atoms in total. The Morgan fingerprint density at radius 2 is 2.20 bits per heavy atom. The number of pyridine rings is 1. The van der Waals surface area contributed by atoms with Gasteiger partial charge in [0.1, 0.15) is 11.6 Å². The molecule has 3 rings (SSSR count). The fourth-order valence-corrected chi connectivity index (χ4v) is 1.69. The Labute approximate surface area is 112 Å². The van der Waals surface area contributed by atoms with Crippen molar-refractivity contribution >= 4 is 11.6 Å². The fraction of sp³-hybridized carbons (Fsp3) is 0.0833. The minimum Gasteiger partial charge on any atom is -0.478 e. The Bertz CT molecular complexity index is 799. The highest BCUT2D eigenvalue weighted by Crippen LogP contribution is 2.22. The first-order valence-electron chi connectivity index (χ1n) is 5.67. The predicted octanol–water partition coefficient (Wildman–Crippen LogP) is 1.32. The summed E-state index contributed by atoms with van der Waals surface area (Å²) in [5.74, 6) is 0.126. The van der Waals surface area contributed by atoms with Crippen LogP contribution in [0.5, 0.6) is 11.6 Å². The normalized spacial score (nSPS) is 10.7. The van der Waals surface area contributed by atoms with Crippen LogP contribution < -0.4 is 4.74 Å². The number of hydrogen-bond acceptors (Lipinski definition) is 6. The van der Waals surface area contributed by atoms with Gasteiger partial charge in [0.2, 0.25) is 5.65 Å². The maximum Gasteiger partial charge on any atom is 0.337 e. The van der Waals surface area contributed by atoms with Crippen molar-refractivity contribution in [2.24, 2.45) is 0 Å². The second-order valence-corrected chi connectivity index (χ2v) is 3.99. The van der Waals surface area contributed by atoms with Gasteiger partial charge >= 0.3 is 5.97 Å². The van der Waals surface area contributed by atoms with Crippen LogP contribution in [0.4, 0.5) is 0 Å². The van der Waals surface area contributed by atoms with E-state index >= 15 is 0 Å². The quantitative estimate of drug-likeness (QED) is 0.766. The van der Waals surface area contributed by atoms with E-state index in [0.29, 0.717) is 11.5 Å². The highest BCUT2D eigenvalue weighted by Gasteiger charge is 2.11. The molecule has 0 atom stereocenters. The number of ether oxygens (including phenoxy) is 1. The van der Waals surface area contributed by atoms with Crippen LogP contribution in [0, 0.1) is 6.92 Å². The fourth-order valence-electron chi connectivity index (χ4n) is 1.69. The van der Waals surface area contributed by atoms with Gasteiger partial charge in [-0.3, -0.25) is 9.38 Å². The molecule has 20 heavy (non-hydrogen) atoms. The van der Waals surface area contributed by atoms with Crippen LogP contribution in [0.3, 0.4) is 0 Å². The number of aromatic carboxylic acids is 1. The summed E-state index contributed by atoms with van der Waals surface area (Å²) in [7, 11) is 0. The average molecular weight is 271 g/mol. The van der Waals surface area contributed by atoms with Crippen molar-refractivity contribution in [3.63, 3.8) is 0 Å². The molecule has 0 amide bonds. The van der Waals surface area contributed by atoms with Crippen molar-refractivity contribution in [2.45, 2.75) is 6.92 Å². The highest BCUT2D eigenvalue weighted by atomic mass is 16.5. The summed E-state index contributed by atoms with van der Waals surface area (Å²) < 4.78 is 7.25. The van der Waals surface area contributed by atoms with Gasteiger partial charge < -0.3 is 9.84 Å². The third kappa shape index (κ3) is 2.03. The molecular formula is C12H9N5O3. The summed E-state index contributed by atoms with van der Waals surface area (Å²) in [6.45, 7) is 1.80. The molecule has 3 aromatic heterocycles. The van der Waals surface area contributed by atoms with Crippen LogP contribution in [-0.4, -0.2) is 35.6 Å². The summed E-state index contributed by atoms with van der Waals surface area (Å²) in [4.78, 5) is 18.8. The molecule has 0 aliphatic heterocycles. The summed E-state index contributed by atoms with van der Waals surface area (Å²) >= 11 is 0. The van der Waals surface area contributed by atoms with Crippen molar-refractivity contribution in [1.29, 1.82) is 0 Å². The van der Waals surface area contributed by atoms with Gasteiger partial charge in [0.05, 0.1) is 11.8 Å². The Balaban J connectivity index is 2.01. The number of fused-ring (bicyclic) bond motifs is 1. The molecule has 0 saturated heterocycles. The lowest BCUT2D eigenvalue weighted by atomic mass is 10.3. The van der Waals surface area contributed by atoms with E-state index in [1.807, 2.05) is 0 Å². The summed E-state index contributed by atoms with van der Waals surface area (Å²) in [6, 6.07) is 1.36. The smallest absolute Gasteiger partial charge is 0.337 e. The molecular weight excluding hydrogens is 262 g/mol. The van der Waals surface area contributed by atoms with Crippen LogP contribution in [-0.2, 0) is 0 Å². The summed E-state index contributed by atoms with van der Waals surface area (Å²) in [5.41, 5.74) is 0.484. The number of hydrogen-bond donors (Lipinski definition) is 1. The topological polar surface area (TPSA) is 102 Å². The van der Waals surface area contributed by atoms with Crippen LogP contribution in [0.15, 0.2) is 30.9 Å². The zero-order chi connectivity index (χ0) is 14.1. The molecule has 8 heteroatoms. The minimum absolute atomic E-state index is 0.0344. The molecule has 100 valence electrons. The van der Waals surface area contributed by atoms with Crippen LogP contribution in [0.2, 0.25) is 0 Å². The van der Waals surface area contributed by atoms with Gasteiger partial charge in [-0.2, -0.15) is 0 Å². The van der Waals surface area contributed by atoms with Gasteiger partial charge in [-0.1, -0.05) is 0 Å².